The molecule has 0 aliphatic heterocycles. The van der Waals surface area contributed by atoms with Crippen LogP contribution in [0.4, 0.5) is 0 Å². The molecular weight excluding hydrogens is 256 g/mol. The first-order chi connectivity index (χ1) is 9.69. The van der Waals surface area contributed by atoms with Crippen molar-refractivity contribution in [2.24, 2.45) is 0 Å². The van der Waals surface area contributed by atoms with E-state index in [4.69, 9.17) is 4.74 Å². The number of nitrogens with zero attached hydrogens (tertiary/aromatic N) is 2. The van der Waals surface area contributed by atoms with Gasteiger partial charge in [0.1, 0.15) is 0 Å². The second-order valence-electron chi connectivity index (χ2n) is 4.57. The lowest BCUT2D eigenvalue weighted by molar-refractivity contribution is 0.137. The number of aromatic nitrogens is 2. The number of methoxy groups -OCH3 is 1. The summed E-state index contributed by atoms with van der Waals surface area (Å²) >= 11 is 0. The molecule has 5 heteroatoms. The lowest BCUT2D eigenvalue weighted by Gasteiger charge is -2.12. The van der Waals surface area contributed by atoms with Crippen molar-refractivity contribution in [1.29, 1.82) is 0 Å². The Morgan fingerprint density at radius 3 is 2.70 bits per heavy atom. The zero-order chi connectivity index (χ0) is 14.4. The van der Waals surface area contributed by atoms with Crippen LogP contribution in [-0.2, 0) is 13.0 Å². The molecule has 1 atom stereocenters. The SMILES string of the molecule is COc1ccc(=O)n(CC(O)CCc2ccccc2)n1. The van der Waals surface area contributed by atoms with E-state index in [2.05, 4.69) is 5.10 Å². The lowest BCUT2D eigenvalue weighted by Crippen LogP contribution is -2.28. The van der Waals surface area contributed by atoms with Crippen LogP contribution in [0.1, 0.15) is 12.0 Å². The summed E-state index contributed by atoms with van der Waals surface area (Å²) in [6, 6.07) is 12.8. The van der Waals surface area contributed by atoms with Crippen molar-refractivity contribution in [2.75, 3.05) is 7.11 Å². The van der Waals surface area contributed by atoms with Gasteiger partial charge in [0.05, 0.1) is 19.8 Å². The van der Waals surface area contributed by atoms with Crippen LogP contribution in [0, 0.1) is 0 Å². The number of rotatable bonds is 6. The van der Waals surface area contributed by atoms with E-state index >= 15 is 0 Å². The number of hydrogen-bond acceptors (Lipinski definition) is 4. The topological polar surface area (TPSA) is 64.3 Å². The molecule has 0 amide bonds. The van der Waals surface area contributed by atoms with E-state index in [1.807, 2.05) is 30.3 Å². The molecule has 2 aromatic rings. The van der Waals surface area contributed by atoms with Crippen molar-refractivity contribution in [3.05, 3.63) is 58.4 Å². The first-order valence-corrected chi connectivity index (χ1v) is 6.53. The minimum atomic E-state index is -0.618. The molecule has 0 saturated heterocycles. The number of aliphatic hydroxyl groups excluding tert-OH is 1. The third-order valence-corrected chi connectivity index (χ3v) is 3.04. The summed E-state index contributed by atoms with van der Waals surface area (Å²) in [6.45, 7) is 0.170. The zero-order valence-electron chi connectivity index (χ0n) is 11.4. The van der Waals surface area contributed by atoms with Gasteiger partial charge in [-0.2, -0.15) is 0 Å². The van der Waals surface area contributed by atoms with Crippen molar-refractivity contribution in [1.82, 2.24) is 9.78 Å². The average molecular weight is 274 g/mol. The first kappa shape index (κ1) is 14.3. The Bertz CT molecular complexity index is 596. The number of ether oxygens (including phenoxy) is 1. The van der Waals surface area contributed by atoms with Crippen molar-refractivity contribution < 1.29 is 9.84 Å². The lowest BCUT2D eigenvalue weighted by atomic mass is 10.1. The Balaban J connectivity index is 1.94. The third kappa shape index (κ3) is 3.93. The molecule has 0 fully saturated rings. The second-order valence-corrected chi connectivity index (χ2v) is 4.57. The molecule has 1 heterocycles. The van der Waals surface area contributed by atoms with Gasteiger partial charge in [-0.15, -0.1) is 5.10 Å². The molecular formula is C15H18N2O3. The predicted octanol–water partition coefficient (Wildman–Crippen LogP) is 1.25. The monoisotopic (exact) mass is 274 g/mol. The zero-order valence-corrected chi connectivity index (χ0v) is 11.4. The Labute approximate surface area is 117 Å². The molecule has 1 unspecified atom stereocenters. The molecule has 0 saturated carbocycles. The van der Waals surface area contributed by atoms with Crippen LogP contribution in [0.2, 0.25) is 0 Å². The predicted molar refractivity (Wildman–Crippen MR) is 75.8 cm³/mol. The third-order valence-electron chi connectivity index (χ3n) is 3.04. The van der Waals surface area contributed by atoms with E-state index in [1.165, 1.54) is 23.9 Å². The van der Waals surface area contributed by atoms with E-state index < -0.39 is 6.10 Å². The van der Waals surface area contributed by atoms with Gasteiger partial charge in [0.25, 0.3) is 5.56 Å². The maximum atomic E-state index is 11.6. The number of benzene rings is 1. The van der Waals surface area contributed by atoms with Gasteiger partial charge in [-0.05, 0) is 18.4 Å². The van der Waals surface area contributed by atoms with Gasteiger partial charge < -0.3 is 9.84 Å². The summed E-state index contributed by atoms with van der Waals surface area (Å²) in [4.78, 5) is 11.6. The molecule has 1 aromatic heterocycles. The smallest absolute Gasteiger partial charge is 0.267 e. The van der Waals surface area contributed by atoms with Crippen LogP contribution >= 0.6 is 0 Å². The minimum absolute atomic E-state index is 0.170. The highest BCUT2D eigenvalue weighted by Gasteiger charge is 2.09. The molecule has 5 nitrogen and oxygen atoms in total. The largest absolute Gasteiger partial charge is 0.480 e. The molecule has 1 aromatic carbocycles. The molecule has 1 N–H and O–H groups in total. The quantitative estimate of drug-likeness (QED) is 0.861. The molecule has 106 valence electrons. The van der Waals surface area contributed by atoms with Gasteiger partial charge in [0, 0.05) is 12.1 Å². The van der Waals surface area contributed by atoms with Gasteiger partial charge in [-0.3, -0.25) is 4.79 Å². The fourth-order valence-electron chi connectivity index (χ4n) is 1.94. The summed E-state index contributed by atoms with van der Waals surface area (Å²) in [5.41, 5.74) is 0.919. The average Bonchev–Trinajstić information content (AvgIpc) is 2.48. The van der Waals surface area contributed by atoms with Gasteiger partial charge >= 0.3 is 0 Å². The highest BCUT2D eigenvalue weighted by atomic mass is 16.5. The molecule has 2 rings (SSSR count). The maximum absolute atomic E-state index is 11.6. The number of hydrogen-bond donors (Lipinski definition) is 1. The summed E-state index contributed by atoms with van der Waals surface area (Å²) in [6.07, 6.45) is 0.725. The van der Waals surface area contributed by atoms with Crippen molar-refractivity contribution >= 4 is 0 Å². The van der Waals surface area contributed by atoms with E-state index in [-0.39, 0.29) is 12.1 Å². The van der Waals surface area contributed by atoms with Crippen molar-refractivity contribution in [2.45, 2.75) is 25.5 Å². The Morgan fingerprint density at radius 2 is 2.00 bits per heavy atom. The normalized spacial score (nSPS) is 12.1. The van der Waals surface area contributed by atoms with Gasteiger partial charge in [0.2, 0.25) is 5.88 Å². The van der Waals surface area contributed by atoms with Crippen LogP contribution in [0.3, 0.4) is 0 Å². The molecule has 0 radical (unpaired) electrons. The van der Waals surface area contributed by atoms with Crippen LogP contribution in [0.25, 0.3) is 0 Å². The molecule has 20 heavy (non-hydrogen) atoms. The highest BCUT2D eigenvalue weighted by Crippen LogP contribution is 2.06. The van der Waals surface area contributed by atoms with E-state index in [1.54, 1.807) is 0 Å². The van der Waals surface area contributed by atoms with E-state index in [0.29, 0.717) is 12.3 Å². The minimum Gasteiger partial charge on any atom is -0.480 e. The number of aliphatic hydroxyl groups is 1. The summed E-state index contributed by atoms with van der Waals surface area (Å²) in [7, 11) is 1.49. The fraction of sp³-hybridized carbons (Fsp3) is 0.333. The van der Waals surface area contributed by atoms with Crippen LogP contribution in [0.5, 0.6) is 5.88 Å². The number of aryl methyl sites for hydroxylation is 1. The van der Waals surface area contributed by atoms with Crippen LogP contribution in [0.15, 0.2) is 47.3 Å². The molecule has 0 aliphatic rings. The van der Waals surface area contributed by atoms with Gasteiger partial charge in [0.15, 0.2) is 0 Å². The fourth-order valence-corrected chi connectivity index (χ4v) is 1.94. The van der Waals surface area contributed by atoms with Crippen molar-refractivity contribution in [3.8, 4) is 5.88 Å². The van der Waals surface area contributed by atoms with E-state index in [9.17, 15) is 9.90 Å². The highest BCUT2D eigenvalue weighted by molar-refractivity contribution is 5.14. The Morgan fingerprint density at radius 1 is 1.25 bits per heavy atom. The molecule has 0 aliphatic carbocycles. The first-order valence-electron chi connectivity index (χ1n) is 6.53. The van der Waals surface area contributed by atoms with Crippen LogP contribution < -0.4 is 10.3 Å². The van der Waals surface area contributed by atoms with Crippen molar-refractivity contribution in [3.63, 3.8) is 0 Å². The van der Waals surface area contributed by atoms with Crippen LogP contribution in [-0.4, -0.2) is 28.1 Å². The summed E-state index contributed by atoms with van der Waals surface area (Å²) < 4.78 is 6.20. The second kappa shape index (κ2) is 6.86. The standard InChI is InChI=1S/C15H18N2O3/c1-20-14-9-10-15(19)17(16-14)11-13(18)8-7-12-5-3-2-4-6-12/h2-6,9-10,13,18H,7-8,11H2,1H3. The van der Waals surface area contributed by atoms with E-state index in [0.717, 1.165) is 12.0 Å². The Hall–Kier alpha value is -2.14. The van der Waals surface area contributed by atoms with Gasteiger partial charge in [-0.25, -0.2) is 4.68 Å². The molecule has 0 spiro atoms. The summed E-state index contributed by atoms with van der Waals surface area (Å²) in [5, 5.41) is 14.0. The summed E-state index contributed by atoms with van der Waals surface area (Å²) in [5.74, 6) is 0.361. The maximum Gasteiger partial charge on any atom is 0.267 e. The van der Waals surface area contributed by atoms with Gasteiger partial charge in [-0.1, -0.05) is 30.3 Å². The molecule has 0 bridgehead atoms. The Kier molecular flexibility index (Phi) is 4.90.